The van der Waals surface area contributed by atoms with Gasteiger partial charge in [0, 0.05) is 38.6 Å². The maximum Gasteiger partial charge on any atom is 0.252 e. The van der Waals surface area contributed by atoms with Crippen LogP contribution in [0, 0.1) is 0 Å². The van der Waals surface area contributed by atoms with Crippen LogP contribution in [0.25, 0.3) is 0 Å². The molecule has 2 aromatic rings. The Hall–Kier alpha value is -1.69. The maximum absolute atomic E-state index is 12.4. The van der Waals surface area contributed by atoms with Crippen LogP contribution in [0.2, 0.25) is 10.0 Å². The first-order valence-corrected chi connectivity index (χ1v) is 8.51. The zero-order chi connectivity index (χ0) is 17.0. The number of carbonyl (C=O) groups is 1. The van der Waals surface area contributed by atoms with E-state index in [1.54, 1.807) is 35.7 Å². The van der Waals surface area contributed by atoms with Gasteiger partial charge in [0.05, 0.1) is 5.54 Å². The van der Waals surface area contributed by atoms with Gasteiger partial charge in [0.1, 0.15) is 0 Å². The Morgan fingerprint density at radius 1 is 1.26 bits per heavy atom. The molecular formula is C16H17Cl2N3OS. The van der Waals surface area contributed by atoms with Crippen LogP contribution in [0.1, 0.15) is 24.2 Å². The molecule has 4 nitrogen and oxygen atoms in total. The van der Waals surface area contributed by atoms with E-state index in [-0.39, 0.29) is 5.91 Å². The fourth-order valence-corrected chi connectivity index (χ4v) is 2.92. The molecule has 1 heterocycles. The van der Waals surface area contributed by atoms with E-state index < -0.39 is 5.54 Å². The smallest absolute Gasteiger partial charge is 0.252 e. The minimum absolute atomic E-state index is 0.300. The minimum Gasteiger partial charge on any atom is -0.399 e. The third-order valence-electron chi connectivity index (χ3n) is 3.19. The molecule has 0 atom stereocenters. The van der Waals surface area contributed by atoms with Gasteiger partial charge in [-0.3, -0.25) is 4.79 Å². The molecule has 4 N–H and O–H groups in total. The molecule has 0 radical (unpaired) electrons. The first kappa shape index (κ1) is 17.7. The minimum atomic E-state index is -0.741. The number of thiophene rings is 1. The zero-order valence-electron chi connectivity index (χ0n) is 12.7. The van der Waals surface area contributed by atoms with Crippen molar-refractivity contribution >= 4 is 46.1 Å². The lowest BCUT2D eigenvalue weighted by molar-refractivity contribution is 0.0923. The van der Waals surface area contributed by atoms with E-state index in [0.717, 1.165) is 5.69 Å². The molecule has 1 aromatic heterocycles. The fraction of sp³-hybridized carbons (Fsp3) is 0.188. The highest BCUT2D eigenvalue weighted by atomic mass is 35.5. The first-order chi connectivity index (χ1) is 10.8. The second-order valence-electron chi connectivity index (χ2n) is 5.49. The summed E-state index contributed by atoms with van der Waals surface area (Å²) in [5.41, 5.74) is 7.17. The van der Waals surface area contributed by atoms with Crippen molar-refractivity contribution in [2.24, 2.45) is 5.73 Å². The fourth-order valence-electron chi connectivity index (χ4n) is 1.80. The Morgan fingerprint density at radius 2 is 1.91 bits per heavy atom. The lowest BCUT2D eigenvalue weighted by Crippen LogP contribution is -2.47. The number of benzene rings is 1. The molecule has 7 heteroatoms. The summed E-state index contributed by atoms with van der Waals surface area (Å²) in [5, 5.41) is 10.7. The summed E-state index contributed by atoms with van der Waals surface area (Å²) in [6.45, 7) is 3.64. The highest BCUT2D eigenvalue weighted by Crippen LogP contribution is 2.20. The molecular weight excluding hydrogens is 353 g/mol. The number of nitrogens with one attached hydrogen (secondary N) is 2. The molecule has 0 bridgehead atoms. The predicted octanol–water partition coefficient (Wildman–Crippen LogP) is 4.48. The van der Waals surface area contributed by atoms with Crippen molar-refractivity contribution in [3.05, 3.63) is 62.5 Å². The van der Waals surface area contributed by atoms with Crippen molar-refractivity contribution in [1.82, 2.24) is 5.32 Å². The number of anilines is 1. The molecule has 1 amide bonds. The summed E-state index contributed by atoms with van der Waals surface area (Å²) in [4.78, 5) is 12.4. The lowest BCUT2D eigenvalue weighted by Gasteiger charge is -2.27. The van der Waals surface area contributed by atoms with Crippen LogP contribution in [0.5, 0.6) is 0 Å². The van der Waals surface area contributed by atoms with Crippen molar-refractivity contribution in [2.75, 3.05) is 5.32 Å². The van der Waals surface area contributed by atoms with Crippen LogP contribution in [-0.2, 0) is 0 Å². The summed E-state index contributed by atoms with van der Waals surface area (Å²) in [7, 11) is 0. The van der Waals surface area contributed by atoms with Gasteiger partial charge < -0.3 is 16.4 Å². The third kappa shape index (κ3) is 4.89. The van der Waals surface area contributed by atoms with E-state index in [1.807, 2.05) is 30.7 Å². The Balaban J connectivity index is 2.09. The number of hydrogen-bond acceptors (Lipinski definition) is 4. The molecule has 0 aliphatic carbocycles. The van der Waals surface area contributed by atoms with E-state index in [2.05, 4.69) is 10.6 Å². The maximum atomic E-state index is 12.4. The SMILES string of the molecule is CC(C)(NC(=O)c1cc(Cl)cc(Cl)c1)/C(N)=C/Nc1ccsc1. The summed E-state index contributed by atoms with van der Waals surface area (Å²) in [5.74, 6) is -0.300. The van der Waals surface area contributed by atoms with Gasteiger partial charge in [-0.2, -0.15) is 11.3 Å². The topological polar surface area (TPSA) is 67.2 Å². The molecule has 23 heavy (non-hydrogen) atoms. The highest BCUT2D eigenvalue weighted by Gasteiger charge is 2.24. The van der Waals surface area contributed by atoms with E-state index in [9.17, 15) is 4.79 Å². The largest absolute Gasteiger partial charge is 0.399 e. The van der Waals surface area contributed by atoms with Crippen molar-refractivity contribution < 1.29 is 4.79 Å². The average Bonchev–Trinajstić information content (AvgIpc) is 2.96. The van der Waals surface area contributed by atoms with Gasteiger partial charge in [-0.15, -0.1) is 0 Å². The van der Waals surface area contributed by atoms with Gasteiger partial charge in [-0.25, -0.2) is 0 Å². The van der Waals surface area contributed by atoms with Crippen LogP contribution in [-0.4, -0.2) is 11.4 Å². The standard InChI is InChI=1S/C16H17Cl2N3OS/c1-16(2,14(19)8-20-13-3-4-23-9-13)21-15(22)10-5-11(17)7-12(18)6-10/h3-9,20H,19H2,1-2H3,(H,21,22)/b14-8-. The third-order valence-corrected chi connectivity index (χ3v) is 4.31. The molecule has 0 spiro atoms. The Kier molecular flexibility index (Phi) is 5.57. The predicted molar refractivity (Wildman–Crippen MR) is 98.2 cm³/mol. The molecule has 0 unspecified atom stereocenters. The zero-order valence-corrected chi connectivity index (χ0v) is 15.0. The molecule has 2 rings (SSSR count). The molecule has 0 saturated carbocycles. The van der Waals surface area contributed by atoms with Crippen LogP contribution >= 0.6 is 34.5 Å². The summed E-state index contributed by atoms with van der Waals surface area (Å²) in [6, 6.07) is 6.63. The summed E-state index contributed by atoms with van der Waals surface area (Å²) >= 11 is 13.4. The highest BCUT2D eigenvalue weighted by molar-refractivity contribution is 7.08. The number of amides is 1. The Labute approximate surface area is 149 Å². The molecule has 1 aromatic carbocycles. The van der Waals surface area contributed by atoms with Crippen molar-refractivity contribution in [1.29, 1.82) is 0 Å². The molecule has 0 fully saturated rings. The van der Waals surface area contributed by atoms with Gasteiger partial charge in [0.15, 0.2) is 0 Å². The number of carbonyl (C=O) groups excluding carboxylic acids is 1. The van der Waals surface area contributed by atoms with E-state index in [1.165, 1.54) is 0 Å². The average molecular weight is 370 g/mol. The van der Waals surface area contributed by atoms with Crippen LogP contribution in [0.3, 0.4) is 0 Å². The van der Waals surface area contributed by atoms with Crippen LogP contribution in [0.15, 0.2) is 46.9 Å². The lowest BCUT2D eigenvalue weighted by atomic mass is 10.0. The number of rotatable bonds is 5. The van der Waals surface area contributed by atoms with Crippen molar-refractivity contribution in [2.45, 2.75) is 19.4 Å². The normalized spacial score (nSPS) is 12.1. The Bertz CT molecular complexity index is 707. The van der Waals surface area contributed by atoms with Gasteiger partial charge in [-0.1, -0.05) is 23.2 Å². The van der Waals surface area contributed by atoms with Gasteiger partial charge in [0.2, 0.25) is 0 Å². The second kappa shape index (κ2) is 7.25. The van der Waals surface area contributed by atoms with Crippen molar-refractivity contribution in [3.63, 3.8) is 0 Å². The van der Waals surface area contributed by atoms with Crippen LogP contribution in [0.4, 0.5) is 5.69 Å². The van der Waals surface area contributed by atoms with Gasteiger partial charge in [0.25, 0.3) is 5.91 Å². The van der Waals surface area contributed by atoms with E-state index >= 15 is 0 Å². The van der Waals surface area contributed by atoms with Gasteiger partial charge in [-0.05, 0) is 43.5 Å². The number of hydrogen-bond donors (Lipinski definition) is 3. The molecule has 122 valence electrons. The van der Waals surface area contributed by atoms with Gasteiger partial charge >= 0.3 is 0 Å². The van der Waals surface area contributed by atoms with Crippen LogP contribution < -0.4 is 16.4 Å². The van der Waals surface area contributed by atoms with E-state index in [0.29, 0.717) is 21.3 Å². The summed E-state index contributed by atoms with van der Waals surface area (Å²) < 4.78 is 0. The molecule has 0 saturated heterocycles. The quantitative estimate of drug-likeness (QED) is 0.727. The second-order valence-corrected chi connectivity index (χ2v) is 7.15. The monoisotopic (exact) mass is 369 g/mol. The summed E-state index contributed by atoms with van der Waals surface area (Å²) in [6.07, 6.45) is 1.67. The first-order valence-electron chi connectivity index (χ1n) is 6.81. The molecule has 0 aliphatic rings. The number of halogens is 2. The molecule has 0 aliphatic heterocycles. The number of nitrogens with two attached hydrogens (primary N) is 1. The van der Waals surface area contributed by atoms with Crippen molar-refractivity contribution in [3.8, 4) is 0 Å². The Morgan fingerprint density at radius 3 is 2.48 bits per heavy atom. The van der Waals surface area contributed by atoms with E-state index in [4.69, 9.17) is 28.9 Å².